The zero-order chi connectivity index (χ0) is 8.27. The van der Waals surface area contributed by atoms with Crippen LogP contribution in [-0.2, 0) is 4.79 Å². The van der Waals surface area contributed by atoms with E-state index in [1.165, 1.54) is 12.1 Å². The first-order chi connectivity index (χ1) is 5.22. The Morgan fingerprint density at radius 3 is 2.25 bits per heavy atom. The molecule has 0 aliphatic rings. The van der Waals surface area contributed by atoms with Crippen LogP contribution in [0.1, 0.15) is 11.7 Å². The molecule has 1 atom stereocenters. The van der Waals surface area contributed by atoms with Crippen molar-refractivity contribution in [2.45, 2.75) is 6.10 Å². The molecule has 4 nitrogen and oxygen atoms in total. The molecule has 0 radical (unpaired) electrons. The molecule has 1 aromatic rings. The number of carbonyl (C=O) groups is 1. The van der Waals surface area contributed by atoms with E-state index in [9.17, 15) is 9.90 Å². The van der Waals surface area contributed by atoms with E-state index in [4.69, 9.17) is 5.11 Å². The minimum Gasteiger partial charge on any atom is -0.547 e. The van der Waals surface area contributed by atoms with Crippen LogP contribution in [0.25, 0.3) is 0 Å². The summed E-state index contributed by atoms with van der Waals surface area (Å²) in [6, 6.07) is 8.11. The van der Waals surface area contributed by atoms with Crippen molar-refractivity contribution in [3.05, 3.63) is 35.9 Å². The zero-order valence-corrected chi connectivity index (χ0v) is 6.73. The number of carboxylic acids is 1. The van der Waals surface area contributed by atoms with Crippen LogP contribution >= 0.6 is 0 Å². The number of benzene rings is 1. The van der Waals surface area contributed by atoms with E-state index in [2.05, 4.69) is 0 Å². The van der Waals surface area contributed by atoms with Gasteiger partial charge < -0.3 is 21.2 Å². The first-order valence-corrected chi connectivity index (χ1v) is 3.15. The summed E-state index contributed by atoms with van der Waals surface area (Å²) < 4.78 is 0. The van der Waals surface area contributed by atoms with Crippen molar-refractivity contribution in [3.63, 3.8) is 0 Å². The highest BCUT2D eigenvalue weighted by Crippen LogP contribution is 2.09. The highest BCUT2D eigenvalue weighted by atomic mass is 16.4. The maximum absolute atomic E-state index is 10.1. The van der Waals surface area contributed by atoms with Gasteiger partial charge in [-0.25, -0.2) is 0 Å². The number of carboxylic acid groups (broad SMARTS) is 1. The fourth-order valence-corrected chi connectivity index (χ4v) is 0.771. The first kappa shape index (κ1) is 10.6. The molecule has 0 aliphatic carbocycles. The molecule has 1 aromatic carbocycles. The van der Waals surface area contributed by atoms with Crippen molar-refractivity contribution in [2.75, 3.05) is 0 Å². The molecule has 0 spiro atoms. The summed E-state index contributed by atoms with van der Waals surface area (Å²) in [5.74, 6) is -1.48. The van der Waals surface area contributed by atoms with E-state index in [0.717, 1.165) is 0 Å². The van der Waals surface area contributed by atoms with Crippen molar-refractivity contribution >= 4 is 5.97 Å². The molecule has 0 aliphatic heterocycles. The Morgan fingerprint density at radius 1 is 1.33 bits per heavy atom. The van der Waals surface area contributed by atoms with Gasteiger partial charge in [0.15, 0.2) is 0 Å². The van der Waals surface area contributed by atoms with E-state index in [0.29, 0.717) is 5.56 Å². The molecule has 0 heterocycles. The molecule has 0 aromatic heterocycles. The summed E-state index contributed by atoms with van der Waals surface area (Å²) in [5, 5.41) is 19.1. The molecule has 5 N–H and O–H groups in total. The third-order valence-corrected chi connectivity index (χ3v) is 1.34. The average molecular weight is 169 g/mol. The highest BCUT2D eigenvalue weighted by molar-refractivity contribution is 5.71. The number of hydrogen-bond acceptors (Lipinski definition) is 3. The van der Waals surface area contributed by atoms with Gasteiger partial charge in [-0.3, -0.25) is 0 Å². The number of aliphatic hydroxyl groups excluding tert-OH is 1. The largest absolute Gasteiger partial charge is 0.547 e. The molecule has 12 heavy (non-hydrogen) atoms. The molecular weight excluding hydrogens is 158 g/mol. The Labute approximate surface area is 70.0 Å². The van der Waals surface area contributed by atoms with E-state index < -0.39 is 12.1 Å². The van der Waals surface area contributed by atoms with E-state index in [-0.39, 0.29) is 6.15 Å². The Hall–Kier alpha value is -1.39. The van der Waals surface area contributed by atoms with Gasteiger partial charge in [0.25, 0.3) is 0 Å². The minimum atomic E-state index is -1.52. The minimum absolute atomic E-state index is 0. The van der Waals surface area contributed by atoms with Crippen molar-refractivity contribution in [1.29, 1.82) is 0 Å². The van der Waals surface area contributed by atoms with Crippen LogP contribution in [0.3, 0.4) is 0 Å². The van der Waals surface area contributed by atoms with Crippen molar-refractivity contribution in [3.8, 4) is 0 Å². The fourth-order valence-electron chi connectivity index (χ4n) is 0.771. The second kappa shape index (κ2) is 4.48. The lowest BCUT2D eigenvalue weighted by molar-refractivity contribution is -0.315. The second-order valence-electron chi connectivity index (χ2n) is 2.13. The standard InChI is InChI=1S/C8H8O3.H3N/c9-7(8(10)11)6-4-2-1-3-5-6;/h1-5,7,9H,(H,10,11);1H3/t7-;/m1./s1. The summed E-state index contributed by atoms with van der Waals surface area (Å²) in [6.07, 6.45) is -1.52. The van der Waals surface area contributed by atoms with Gasteiger partial charge >= 0.3 is 0 Å². The van der Waals surface area contributed by atoms with Crippen LogP contribution in [0.15, 0.2) is 30.3 Å². The van der Waals surface area contributed by atoms with Crippen LogP contribution in [0.2, 0.25) is 0 Å². The molecule has 0 saturated carbocycles. The molecule has 1 rings (SSSR count). The summed E-state index contributed by atoms with van der Waals surface area (Å²) in [5.41, 5.74) is 0.340. The van der Waals surface area contributed by atoms with Gasteiger partial charge in [0, 0.05) is 0 Å². The summed E-state index contributed by atoms with van der Waals surface area (Å²) in [6.45, 7) is 0. The lowest BCUT2D eigenvalue weighted by Gasteiger charge is -2.10. The molecule has 0 bridgehead atoms. The maximum atomic E-state index is 10.1. The average Bonchev–Trinajstić information content (AvgIpc) is 2.05. The number of rotatable bonds is 2. The summed E-state index contributed by atoms with van der Waals surface area (Å²) >= 11 is 0. The number of aliphatic hydroxyl groups is 1. The van der Waals surface area contributed by atoms with Crippen molar-refractivity contribution in [1.82, 2.24) is 6.15 Å². The van der Waals surface area contributed by atoms with Gasteiger partial charge in [-0.2, -0.15) is 0 Å². The zero-order valence-electron chi connectivity index (χ0n) is 6.73. The number of carbonyl (C=O) groups excluding carboxylic acids is 1. The molecular formula is C8H11NO3. The normalized spacial score (nSPS) is 11.4. The Bertz CT molecular complexity index is 248. The summed E-state index contributed by atoms with van der Waals surface area (Å²) in [7, 11) is 0. The monoisotopic (exact) mass is 169 g/mol. The van der Waals surface area contributed by atoms with Gasteiger partial charge in [0.1, 0.15) is 6.10 Å². The molecule has 0 fully saturated rings. The van der Waals surface area contributed by atoms with Crippen LogP contribution < -0.4 is 11.3 Å². The Morgan fingerprint density at radius 2 is 1.83 bits per heavy atom. The predicted octanol–water partition coefficient (Wildman–Crippen LogP) is -0.154. The third kappa shape index (κ3) is 2.34. The van der Waals surface area contributed by atoms with Crippen LogP contribution in [0.5, 0.6) is 0 Å². The van der Waals surface area contributed by atoms with Gasteiger partial charge in [0.05, 0.1) is 5.97 Å². The van der Waals surface area contributed by atoms with Crippen LogP contribution in [0.4, 0.5) is 0 Å². The number of aliphatic carboxylic acids is 1. The predicted molar refractivity (Wildman–Crippen MR) is 42.4 cm³/mol. The Balaban J connectivity index is 0.00000121. The molecule has 0 unspecified atom stereocenters. The SMILES string of the molecule is O=C([O-])[C@H](O)c1ccccc1.[NH4+]. The van der Waals surface area contributed by atoms with Gasteiger partial charge in [-0.05, 0) is 5.56 Å². The maximum Gasteiger partial charge on any atom is 0.118 e. The van der Waals surface area contributed by atoms with Crippen LogP contribution in [0, 0.1) is 0 Å². The molecule has 66 valence electrons. The second-order valence-corrected chi connectivity index (χ2v) is 2.13. The third-order valence-electron chi connectivity index (χ3n) is 1.34. The summed E-state index contributed by atoms with van der Waals surface area (Å²) in [4.78, 5) is 10.1. The van der Waals surface area contributed by atoms with Gasteiger partial charge in [0.2, 0.25) is 0 Å². The van der Waals surface area contributed by atoms with E-state index in [1.807, 2.05) is 0 Å². The Kier molecular flexibility index (Phi) is 3.96. The topological polar surface area (TPSA) is 96.9 Å². The van der Waals surface area contributed by atoms with Gasteiger partial charge in [-0.15, -0.1) is 0 Å². The quantitative estimate of drug-likeness (QED) is 0.644. The number of hydrogen-bond donors (Lipinski definition) is 2. The van der Waals surface area contributed by atoms with E-state index in [1.54, 1.807) is 18.2 Å². The smallest absolute Gasteiger partial charge is 0.118 e. The highest BCUT2D eigenvalue weighted by Gasteiger charge is 2.05. The van der Waals surface area contributed by atoms with Gasteiger partial charge in [-0.1, -0.05) is 30.3 Å². The first-order valence-electron chi connectivity index (χ1n) is 3.15. The molecule has 4 heteroatoms. The van der Waals surface area contributed by atoms with Crippen LogP contribution in [-0.4, -0.2) is 11.1 Å². The lowest BCUT2D eigenvalue weighted by atomic mass is 10.1. The van der Waals surface area contributed by atoms with Crippen molar-refractivity contribution in [2.24, 2.45) is 0 Å². The number of quaternary nitrogens is 1. The van der Waals surface area contributed by atoms with Crippen molar-refractivity contribution < 1.29 is 15.0 Å². The van der Waals surface area contributed by atoms with E-state index >= 15 is 0 Å². The molecule has 0 saturated heterocycles. The molecule has 0 amide bonds. The fraction of sp³-hybridized carbons (Fsp3) is 0.125. The lowest BCUT2D eigenvalue weighted by Crippen LogP contribution is -2.29.